The van der Waals surface area contributed by atoms with E-state index in [1.807, 2.05) is 24.3 Å². The van der Waals surface area contributed by atoms with Crippen LogP contribution in [0.1, 0.15) is 18.0 Å². The van der Waals surface area contributed by atoms with Crippen LogP contribution in [0, 0.1) is 5.82 Å². The zero-order chi connectivity index (χ0) is 21.2. The summed E-state index contributed by atoms with van der Waals surface area (Å²) in [6.45, 7) is -0.0491. The van der Waals surface area contributed by atoms with E-state index in [2.05, 4.69) is 35.5 Å². The minimum atomic E-state index is -0.328. The van der Waals surface area contributed by atoms with Crippen molar-refractivity contribution >= 4 is 27.9 Å². The molecule has 0 aliphatic heterocycles. The van der Waals surface area contributed by atoms with Crippen LogP contribution in [-0.2, 0) is 0 Å². The molecule has 9 heteroatoms. The fourth-order valence-corrected chi connectivity index (χ4v) is 3.58. The van der Waals surface area contributed by atoms with Gasteiger partial charge in [-0.05, 0) is 36.2 Å². The van der Waals surface area contributed by atoms with Crippen LogP contribution in [0.4, 0.5) is 10.3 Å². The van der Waals surface area contributed by atoms with E-state index in [0.29, 0.717) is 18.0 Å². The zero-order valence-corrected chi connectivity index (χ0v) is 16.3. The smallest absolute Gasteiger partial charge is 0.223 e. The monoisotopic (exact) mass is 415 g/mol. The quantitative estimate of drug-likeness (QED) is 0.388. The molecule has 154 valence electrons. The molecule has 31 heavy (non-hydrogen) atoms. The van der Waals surface area contributed by atoms with Crippen LogP contribution in [0.15, 0.2) is 61.2 Å². The molecule has 0 bridgehead atoms. The Balaban J connectivity index is 1.46. The third-order valence-electron chi connectivity index (χ3n) is 5.07. The van der Waals surface area contributed by atoms with E-state index in [4.69, 9.17) is 0 Å². The number of aromatic nitrogens is 6. The second-order valence-electron chi connectivity index (χ2n) is 7.09. The molecule has 0 amide bonds. The maximum absolute atomic E-state index is 13.6. The number of rotatable bonds is 6. The van der Waals surface area contributed by atoms with Gasteiger partial charge in [-0.25, -0.2) is 24.3 Å². The molecule has 8 nitrogen and oxygen atoms in total. The van der Waals surface area contributed by atoms with Crippen molar-refractivity contribution in [2.75, 3.05) is 11.9 Å². The molecule has 3 heterocycles. The van der Waals surface area contributed by atoms with E-state index in [9.17, 15) is 9.50 Å². The van der Waals surface area contributed by atoms with Crippen molar-refractivity contribution in [3.63, 3.8) is 0 Å². The first-order valence-electron chi connectivity index (χ1n) is 9.75. The van der Waals surface area contributed by atoms with Crippen LogP contribution < -0.4 is 5.32 Å². The highest BCUT2D eigenvalue weighted by Gasteiger charge is 2.14. The zero-order valence-electron chi connectivity index (χ0n) is 16.3. The number of aliphatic hydroxyl groups excluding tert-OH is 1. The van der Waals surface area contributed by atoms with E-state index >= 15 is 0 Å². The third-order valence-corrected chi connectivity index (χ3v) is 5.07. The van der Waals surface area contributed by atoms with Crippen molar-refractivity contribution in [2.45, 2.75) is 12.5 Å². The second kappa shape index (κ2) is 8.04. The van der Waals surface area contributed by atoms with Crippen LogP contribution in [0.5, 0.6) is 0 Å². The summed E-state index contributed by atoms with van der Waals surface area (Å²) in [5.41, 5.74) is 3.83. The molecule has 1 atom stereocenters. The lowest BCUT2D eigenvalue weighted by molar-refractivity contribution is 0.279. The number of H-pyrrole nitrogens is 1. The number of aromatic amines is 1. The molecule has 0 fully saturated rings. The highest BCUT2D eigenvalue weighted by molar-refractivity contribution is 5.93. The van der Waals surface area contributed by atoms with Gasteiger partial charge >= 0.3 is 0 Å². The first-order chi connectivity index (χ1) is 15.2. The van der Waals surface area contributed by atoms with Crippen LogP contribution in [0.2, 0.25) is 0 Å². The Hall–Kier alpha value is -3.98. The summed E-state index contributed by atoms with van der Waals surface area (Å²) < 4.78 is 13.6. The molecule has 0 radical (unpaired) electrons. The van der Waals surface area contributed by atoms with Crippen LogP contribution in [-0.4, -0.2) is 41.8 Å². The van der Waals surface area contributed by atoms with Gasteiger partial charge in [0, 0.05) is 23.8 Å². The standard InChI is InChI=1S/C22H18FN7O/c23-16-3-1-2-13(9-16)19(6-7-31)29-22-24-10-15-8-14(4-5-18(15)28-22)20-17-11-27-30-21(17)26-12-25-20/h1-5,8-12,19,31H,6-7H2,(H,24,28,29)(H,25,26,27,30)/t19-/m1/s1. The van der Waals surface area contributed by atoms with Crippen molar-refractivity contribution < 1.29 is 9.50 Å². The molecule has 5 aromatic rings. The van der Waals surface area contributed by atoms with Crippen molar-refractivity contribution in [3.8, 4) is 11.3 Å². The number of fused-ring (bicyclic) bond motifs is 2. The van der Waals surface area contributed by atoms with Crippen molar-refractivity contribution in [1.82, 2.24) is 30.1 Å². The van der Waals surface area contributed by atoms with Gasteiger partial charge in [0.15, 0.2) is 5.65 Å². The summed E-state index contributed by atoms with van der Waals surface area (Å²) in [6, 6.07) is 11.8. The number of halogens is 1. The second-order valence-corrected chi connectivity index (χ2v) is 7.09. The lowest BCUT2D eigenvalue weighted by atomic mass is 10.0. The van der Waals surface area contributed by atoms with Crippen molar-refractivity contribution in [3.05, 3.63) is 72.6 Å². The molecular formula is C22H18FN7O. The number of hydrogen-bond acceptors (Lipinski definition) is 7. The van der Waals surface area contributed by atoms with E-state index in [1.54, 1.807) is 18.5 Å². The maximum atomic E-state index is 13.6. The van der Waals surface area contributed by atoms with Crippen LogP contribution >= 0.6 is 0 Å². The molecule has 0 aliphatic rings. The number of aliphatic hydroxyl groups is 1. The van der Waals surface area contributed by atoms with Gasteiger partial charge in [0.05, 0.1) is 28.8 Å². The first-order valence-corrected chi connectivity index (χ1v) is 9.75. The van der Waals surface area contributed by atoms with Gasteiger partial charge in [-0.1, -0.05) is 18.2 Å². The molecule has 5 rings (SSSR count). The number of anilines is 1. The Kier molecular flexibility index (Phi) is 4.93. The number of nitrogens with zero attached hydrogens (tertiary/aromatic N) is 5. The Bertz CT molecular complexity index is 1370. The number of benzene rings is 2. The largest absolute Gasteiger partial charge is 0.396 e. The summed E-state index contributed by atoms with van der Waals surface area (Å²) >= 11 is 0. The van der Waals surface area contributed by atoms with Gasteiger partial charge in [-0.2, -0.15) is 5.10 Å². The Labute approximate surface area is 176 Å². The minimum Gasteiger partial charge on any atom is -0.396 e. The maximum Gasteiger partial charge on any atom is 0.223 e. The molecule has 3 aromatic heterocycles. The van der Waals surface area contributed by atoms with Gasteiger partial charge in [0.1, 0.15) is 12.1 Å². The SMILES string of the molecule is OCC[C@@H](Nc1ncc2cc(-c3ncnc4[nH]ncc34)ccc2n1)c1cccc(F)c1. The highest BCUT2D eigenvalue weighted by atomic mass is 19.1. The molecule has 0 saturated heterocycles. The Morgan fingerprint density at radius 1 is 1.06 bits per heavy atom. The summed E-state index contributed by atoms with van der Waals surface area (Å²) in [5, 5.41) is 21.2. The normalized spacial score (nSPS) is 12.3. The highest BCUT2D eigenvalue weighted by Crippen LogP contribution is 2.28. The molecule has 3 N–H and O–H groups in total. The van der Waals surface area contributed by atoms with Gasteiger partial charge in [0.2, 0.25) is 5.95 Å². The van der Waals surface area contributed by atoms with E-state index in [1.165, 1.54) is 18.5 Å². The fraction of sp³-hybridized carbons (Fsp3) is 0.136. The summed E-state index contributed by atoms with van der Waals surface area (Å²) in [6.07, 6.45) is 5.32. The molecule has 0 spiro atoms. The number of nitrogens with one attached hydrogen (secondary N) is 2. The Morgan fingerprint density at radius 3 is 2.87 bits per heavy atom. The average molecular weight is 415 g/mol. The molecular weight excluding hydrogens is 397 g/mol. The van der Waals surface area contributed by atoms with Gasteiger partial charge in [-0.15, -0.1) is 0 Å². The van der Waals surface area contributed by atoms with Crippen LogP contribution in [0.25, 0.3) is 33.2 Å². The topological polar surface area (TPSA) is 112 Å². The molecule has 0 unspecified atom stereocenters. The Morgan fingerprint density at radius 2 is 2.00 bits per heavy atom. The van der Waals surface area contributed by atoms with Gasteiger partial charge in [-0.3, -0.25) is 5.10 Å². The van der Waals surface area contributed by atoms with E-state index in [-0.39, 0.29) is 18.5 Å². The summed E-state index contributed by atoms with van der Waals surface area (Å²) in [4.78, 5) is 17.6. The lowest BCUT2D eigenvalue weighted by Gasteiger charge is -2.18. The van der Waals surface area contributed by atoms with E-state index in [0.717, 1.165) is 33.1 Å². The van der Waals surface area contributed by atoms with E-state index < -0.39 is 0 Å². The molecule has 0 aliphatic carbocycles. The fourth-order valence-electron chi connectivity index (χ4n) is 3.58. The van der Waals surface area contributed by atoms with Crippen molar-refractivity contribution in [1.29, 1.82) is 0 Å². The van der Waals surface area contributed by atoms with Gasteiger partial charge in [0.25, 0.3) is 0 Å². The summed E-state index contributed by atoms with van der Waals surface area (Å²) in [7, 11) is 0. The van der Waals surface area contributed by atoms with Crippen molar-refractivity contribution in [2.24, 2.45) is 0 Å². The molecule has 0 saturated carbocycles. The average Bonchev–Trinajstić information content (AvgIpc) is 3.27. The predicted molar refractivity (Wildman–Crippen MR) is 115 cm³/mol. The first kappa shape index (κ1) is 19.0. The van der Waals surface area contributed by atoms with Gasteiger partial charge < -0.3 is 10.4 Å². The summed E-state index contributed by atoms with van der Waals surface area (Å²) in [5.74, 6) is 0.0767. The predicted octanol–water partition coefficient (Wildman–Crippen LogP) is 3.64. The minimum absolute atomic E-state index is 0.0491. The third kappa shape index (κ3) is 3.78. The molecule has 2 aromatic carbocycles. The van der Waals surface area contributed by atoms with Crippen LogP contribution in [0.3, 0.4) is 0 Å². The number of hydrogen-bond donors (Lipinski definition) is 3. The lowest BCUT2D eigenvalue weighted by Crippen LogP contribution is -2.14.